The summed E-state index contributed by atoms with van der Waals surface area (Å²) in [4.78, 5) is 28.7. The van der Waals surface area contributed by atoms with Crippen molar-refractivity contribution in [2.24, 2.45) is 0 Å². The molecule has 2 aromatic rings. The molecule has 0 atom stereocenters. The molecule has 0 spiro atoms. The lowest BCUT2D eigenvalue weighted by Gasteiger charge is -2.29. The van der Waals surface area contributed by atoms with E-state index in [9.17, 15) is 18.0 Å². The maximum Gasteiger partial charge on any atom is 0.296 e. The summed E-state index contributed by atoms with van der Waals surface area (Å²) in [6, 6.07) is 8.54. The Labute approximate surface area is 188 Å². The van der Waals surface area contributed by atoms with Gasteiger partial charge < -0.3 is 15.1 Å². The minimum Gasteiger partial charge on any atom is -0.318 e. The highest BCUT2D eigenvalue weighted by Gasteiger charge is 2.34. The van der Waals surface area contributed by atoms with E-state index >= 15 is 0 Å². The summed E-state index contributed by atoms with van der Waals surface area (Å²) in [6.07, 6.45) is 0.784. The first-order valence-electron chi connectivity index (χ1n) is 10.5. The molecular formula is C23H28N4O4S. The van der Waals surface area contributed by atoms with Crippen LogP contribution in [0.3, 0.4) is 0 Å². The van der Waals surface area contributed by atoms with Gasteiger partial charge in [-0.15, -0.1) is 0 Å². The summed E-state index contributed by atoms with van der Waals surface area (Å²) in [5.74, 6) is -1.13. The number of benzene rings is 2. The Balaban J connectivity index is 1.72. The Hall–Kier alpha value is -2.59. The van der Waals surface area contributed by atoms with Crippen LogP contribution in [0.5, 0.6) is 0 Å². The molecule has 0 unspecified atom stereocenters. The van der Waals surface area contributed by atoms with Crippen LogP contribution in [0.2, 0.25) is 0 Å². The molecule has 4 rings (SSSR count). The van der Waals surface area contributed by atoms with Gasteiger partial charge in [0.05, 0.1) is 16.1 Å². The van der Waals surface area contributed by atoms with Gasteiger partial charge in [0.15, 0.2) is 0 Å². The Morgan fingerprint density at radius 3 is 2.34 bits per heavy atom. The molecule has 32 heavy (non-hydrogen) atoms. The zero-order valence-corrected chi connectivity index (χ0v) is 19.6. The Morgan fingerprint density at radius 2 is 1.69 bits per heavy atom. The molecule has 2 heterocycles. The van der Waals surface area contributed by atoms with Gasteiger partial charge in [0, 0.05) is 33.2 Å². The van der Waals surface area contributed by atoms with Crippen molar-refractivity contribution in [2.75, 3.05) is 53.1 Å². The monoisotopic (exact) mass is 456 g/mol. The van der Waals surface area contributed by atoms with Crippen molar-refractivity contribution in [3.63, 3.8) is 0 Å². The van der Waals surface area contributed by atoms with Gasteiger partial charge in [-0.2, -0.15) is 4.31 Å². The fraction of sp³-hybridized carbons (Fsp3) is 0.391. The average Bonchev–Trinajstić information content (AvgIpc) is 3.05. The maximum atomic E-state index is 12.9. The first kappa shape index (κ1) is 22.6. The summed E-state index contributed by atoms with van der Waals surface area (Å²) in [6.45, 7) is 2.53. The lowest BCUT2D eigenvalue weighted by molar-refractivity contribution is -0.112. The van der Waals surface area contributed by atoms with E-state index in [1.54, 1.807) is 37.4 Å². The molecule has 0 aliphatic carbocycles. The minimum atomic E-state index is -3.59. The Bertz CT molecular complexity index is 1190. The van der Waals surface area contributed by atoms with Gasteiger partial charge in [0.25, 0.3) is 11.7 Å². The molecule has 8 nitrogen and oxygen atoms in total. The van der Waals surface area contributed by atoms with Crippen LogP contribution in [0.1, 0.15) is 21.5 Å². The van der Waals surface area contributed by atoms with Crippen LogP contribution in [-0.2, 0) is 27.8 Å². The Morgan fingerprint density at radius 1 is 1.00 bits per heavy atom. The van der Waals surface area contributed by atoms with Gasteiger partial charge in [-0.3, -0.25) is 9.59 Å². The van der Waals surface area contributed by atoms with Crippen LogP contribution in [0.25, 0.3) is 11.1 Å². The number of nitrogens with one attached hydrogen (secondary N) is 1. The minimum absolute atomic E-state index is 0.227. The molecule has 0 fully saturated rings. The van der Waals surface area contributed by atoms with E-state index in [2.05, 4.69) is 10.2 Å². The van der Waals surface area contributed by atoms with Crippen molar-refractivity contribution < 1.29 is 18.0 Å². The third-order valence-corrected chi connectivity index (χ3v) is 8.02. The molecule has 0 saturated heterocycles. The SMILES string of the molecule is CN(C)CCN(C)S(=O)(=O)c1ccc(-c2cc3c(c4c2CCN(C)C4)NC(=O)C3=O)cc1. The topological polar surface area (TPSA) is 90.0 Å². The molecule has 2 aliphatic heterocycles. The number of rotatable bonds is 6. The number of ketones is 1. The molecule has 1 amide bonds. The van der Waals surface area contributed by atoms with Crippen molar-refractivity contribution in [3.8, 4) is 11.1 Å². The lowest BCUT2D eigenvalue weighted by Crippen LogP contribution is -2.33. The predicted octanol–water partition coefficient (Wildman–Crippen LogP) is 1.66. The maximum absolute atomic E-state index is 12.9. The largest absolute Gasteiger partial charge is 0.318 e. The van der Waals surface area contributed by atoms with Crippen molar-refractivity contribution >= 4 is 27.4 Å². The molecule has 0 aromatic heterocycles. The quantitative estimate of drug-likeness (QED) is 0.665. The number of anilines is 1. The van der Waals surface area contributed by atoms with Crippen molar-refractivity contribution in [3.05, 3.63) is 47.0 Å². The number of carbonyl (C=O) groups is 2. The normalized spacial score (nSPS) is 16.4. The van der Waals surface area contributed by atoms with E-state index in [4.69, 9.17) is 0 Å². The highest BCUT2D eigenvalue weighted by Crippen LogP contribution is 2.40. The fourth-order valence-electron chi connectivity index (χ4n) is 4.21. The van der Waals surface area contributed by atoms with E-state index in [1.807, 2.05) is 26.0 Å². The zero-order chi connectivity index (χ0) is 23.2. The van der Waals surface area contributed by atoms with Gasteiger partial charge in [-0.05, 0) is 68.0 Å². The van der Waals surface area contributed by atoms with E-state index < -0.39 is 21.7 Å². The number of hydrogen-bond donors (Lipinski definition) is 1. The summed E-state index contributed by atoms with van der Waals surface area (Å²) >= 11 is 0. The predicted molar refractivity (Wildman–Crippen MR) is 123 cm³/mol. The zero-order valence-electron chi connectivity index (χ0n) is 18.8. The first-order valence-corrected chi connectivity index (χ1v) is 12.0. The van der Waals surface area contributed by atoms with Crippen molar-refractivity contribution in [1.82, 2.24) is 14.1 Å². The third-order valence-electron chi connectivity index (χ3n) is 6.15. The van der Waals surface area contributed by atoms with Crippen LogP contribution in [0, 0.1) is 0 Å². The summed E-state index contributed by atoms with van der Waals surface area (Å²) in [7, 11) is 3.80. The molecule has 2 aromatic carbocycles. The second kappa shape index (κ2) is 8.40. The van der Waals surface area contributed by atoms with E-state index in [1.165, 1.54) is 4.31 Å². The number of likely N-dealkylation sites (N-methyl/N-ethyl adjacent to an activating group) is 3. The number of Topliss-reactive ketones (excluding diaryl/α,β-unsaturated/α-hetero) is 1. The summed E-state index contributed by atoms with van der Waals surface area (Å²) in [5, 5.41) is 2.73. The molecule has 170 valence electrons. The van der Waals surface area contributed by atoms with Gasteiger partial charge >= 0.3 is 0 Å². The van der Waals surface area contributed by atoms with Gasteiger partial charge in [0.1, 0.15) is 0 Å². The molecule has 0 radical (unpaired) electrons. The molecule has 0 saturated carbocycles. The number of fused-ring (bicyclic) bond motifs is 3. The van der Waals surface area contributed by atoms with Gasteiger partial charge in [-0.1, -0.05) is 12.1 Å². The molecule has 1 N–H and O–H groups in total. The second-order valence-corrected chi connectivity index (χ2v) is 10.8. The van der Waals surface area contributed by atoms with Gasteiger partial charge in [-0.25, -0.2) is 8.42 Å². The smallest absolute Gasteiger partial charge is 0.296 e. The lowest BCUT2D eigenvalue weighted by atomic mass is 9.87. The average molecular weight is 457 g/mol. The fourth-order valence-corrected chi connectivity index (χ4v) is 5.37. The third kappa shape index (κ3) is 3.97. The summed E-state index contributed by atoms with van der Waals surface area (Å²) in [5.41, 5.74) is 4.77. The van der Waals surface area contributed by atoms with E-state index in [0.29, 0.717) is 30.9 Å². The number of amides is 1. The van der Waals surface area contributed by atoms with Crippen molar-refractivity contribution in [2.45, 2.75) is 17.9 Å². The highest BCUT2D eigenvalue weighted by molar-refractivity contribution is 7.89. The van der Waals surface area contributed by atoms with Crippen LogP contribution in [-0.4, -0.2) is 82.0 Å². The molecule has 2 aliphatic rings. The number of sulfonamides is 1. The highest BCUT2D eigenvalue weighted by atomic mass is 32.2. The first-order chi connectivity index (χ1) is 15.1. The second-order valence-electron chi connectivity index (χ2n) is 8.73. The van der Waals surface area contributed by atoms with Crippen LogP contribution < -0.4 is 5.32 Å². The van der Waals surface area contributed by atoms with E-state index in [-0.39, 0.29) is 4.90 Å². The molecular weight excluding hydrogens is 428 g/mol. The van der Waals surface area contributed by atoms with Gasteiger partial charge in [0.2, 0.25) is 10.0 Å². The Kier molecular flexibility index (Phi) is 5.93. The van der Waals surface area contributed by atoms with Crippen molar-refractivity contribution in [1.29, 1.82) is 0 Å². The standard InChI is InChI=1S/C23H28N4O4S/c1-25(2)11-12-27(4)32(30,31)16-7-5-15(6-8-16)18-13-19-21(24-23(29)22(19)28)20-14-26(3)10-9-17(18)20/h5-8,13H,9-12,14H2,1-4H3,(H,24,28,29). The summed E-state index contributed by atoms with van der Waals surface area (Å²) < 4.78 is 27.2. The number of hydrogen-bond acceptors (Lipinski definition) is 6. The van der Waals surface area contributed by atoms with E-state index in [0.717, 1.165) is 35.2 Å². The van der Waals surface area contributed by atoms with Crippen LogP contribution in [0.15, 0.2) is 35.2 Å². The van der Waals surface area contributed by atoms with Crippen LogP contribution in [0.4, 0.5) is 5.69 Å². The molecule has 9 heteroatoms. The molecule has 0 bridgehead atoms. The number of carbonyl (C=O) groups excluding carboxylic acids is 2. The van der Waals surface area contributed by atoms with Crippen LogP contribution >= 0.6 is 0 Å². The number of nitrogens with zero attached hydrogens (tertiary/aromatic N) is 3.